The number of hydrogen-bond donors (Lipinski definition) is 3. The average molecular weight is 284 g/mol. The summed E-state index contributed by atoms with van der Waals surface area (Å²) in [5.74, 6) is 5.35. The lowest BCUT2D eigenvalue weighted by Crippen LogP contribution is -2.17. The summed E-state index contributed by atoms with van der Waals surface area (Å²) in [7, 11) is 0. The van der Waals surface area contributed by atoms with E-state index in [1.54, 1.807) is 18.2 Å². The van der Waals surface area contributed by atoms with Crippen LogP contribution in [0.4, 0.5) is 5.82 Å². The summed E-state index contributed by atoms with van der Waals surface area (Å²) in [6, 6.07) is 5.00. The minimum absolute atomic E-state index is 0.0126. The first kappa shape index (κ1) is 14.4. The van der Waals surface area contributed by atoms with Gasteiger partial charge in [0.1, 0.15) is 17.2 Å². The molecule has 0 saturated carbocycles. The summed E-state index contributed by atoms with van der Waals surface area (Å²) in [5.41, 5.74) is 0.176. The van der Waals surface area contributed by atoms with Crippen molar-refractivity contribution in [1.82, 2.24) is 15.0 Å². The molecule has 0 aliphatic carbocycles. The molecule has 0 fully saturated rings. The minimum Gasteiger partial charge on any atom is -0.395 e. The van der Waals surface area contributed by atoms with Gasteiger partial charge in [0.25, 0.3) is 11.5 Å². The van der Waals surface area contributed by atoms with Crippen LogP contribution < -0.4 is 10.9 Å². The van der Waals surface area contributed by atoms with E-state index in [2.05, 4.69) is 32.1 Å². The van der Waals surface area contributed by atoms with E-state index in [0.29, 0.717) is 17.9 Å². The molecule has 0 spiro atoms. The zero-order valence-corrected chi connectivity index (χ0v) is 11.0. The molecule has 2 heterocycles. The molecule has 0 aliphatic rings. The van der Waals surface area contributed by atoms with Crippen LogP contribution >= 0.6 is 0 Å². The van der Waals surface area contributed by atoms with Crippen LogP contribution in [-0.2, 0) is 0 Å². The minimum atomic E-state index is -0.487. The van der Waals surface area contributed by atoms with Gasteiger partial charge in [-0.1, -0.05) is 12.0 Å². The highest BCUT2D eigenvalue weighted by molar-refractivity contribution is 6.02. The third-order valence-electron chi connectivity index (χ3n) is 2.35. The third kappa shape index (κ3) is 4.26. The standard InChI is InChI=1S/C14H12N4O3/c19-7-2-1-4-10-5-3-6-12(17-10)18-14(21)11-8-16-13(20)9-15-11/h3,5-6,8-9,19H,2,7H2,(H,16,20)(H,17,18,21). The molecule has 0 bridgehead atoms. The molecule has 0 aromatic carbocycles. The number of aromatic amines is 1. The summed E-state index contributed by atoms with van der Waals surface area (Å²) >= 11 is 0. The number of pyridine rings is 1. The number of anilines is 1. The SMILES string of the molecule is O=C(Nc1cccc(C#CCCO)n1)c1c[nH]c(=O)cn1. The Hall–Kier alpha value is -2.98. The third-order valence-corrected chi connectivity index (χ3v) is 2.35. The lowest BCUT2D eigenvalue weighted by molar-refractivity contribution is 0.102. The molecule has 0 unspecified atom stereocenters. The Morgan fingerprint density at radius 3 is 3.00 bits per heavy atom. The second kappa shape index (κ2) is 6.98. The first-order chi connectivity index (χ1) is 10.2. The predicted octanol–water partition coefficient (Wildman–Crippen LogP) is 0.151. The quantitative estimate of drug-likeness (QED) is 0.695. The van der Waals surface area contributed by atoms with Crippen LogP contribution in [0.3, 0.4) is 0 Å². The number of aliphatic hydroxyl groups is 1. The first-order valence-corrected chi connectivity index (χ1v) is 6.12. The van der Waals surface area contributed by atoms with Crippen LogP contribution in [0.1, 0.15) is 22.6 Å². The molecule has 2 aromatic rings. The van der Waals surface area contributed by atoms with E-state index in [-0.39, 0.29) is 17.9 Å². The fraction of sp³-hybridized carbons (Fsp3) is 0.143. The zero-order chi connectivity index (χ0) is 15.1. The Morgan fingerprint density at radius 2 is 2.29 bits per heavy atom. The van der Waals surface area contributed by atoms with Crippen molar-refractivity contribution in [2.45, 2.75) is 6.42 Å². The maximum absolute atomic E-state index is 11.9. The van der Waals surface area contributed by atoms with E-state index < -0.39 is 5.91 Å². The smallest absolute Gasteiger partial charge is 0.276 e. The first-order valence-electron chi connectivity index (χ1n) is 6.12. The van der Waals surface area contributed by atoms with Crippen LogP contribution in [0.15, 0.2) is 35.4 Å². The van der Waals surface area contributed by atoms with E-state index in [9.17, 15) is 9.59 Å². The van der Waals surface area contributed by atoms with Crippen molar-refractivity contribution >= 4 is 11.7 Å². The molecule has 1 amide bonds. The second-order valence-corrected chi connectivity index (χ2v) is 3.93. The van der Waals surface area contributed by atoms with Crippen molar-refractivity contribution in [2.75, 3.05) is 11.9 Å². The number of carbonyl (C=O) groups is 1. The van der Waals surface area contributed by atoms with Gasteiger partial charge in [-0.05, 0) is 18.1 Å². The molecule has 21 heavy (non-hydrogen) atoms. The summed E-state index contributed by atoms with van der Waals surface area (Å²) < 4.78 is 0. The molecule has 0 atom stereocenters. The Labute approximate surface area is 120 Å². The van der Waals surface area contributed by atoms with E-state index in [1.807, 2.05) is 0 Å². The number of amides is 1. The van der Waals surface area contributed by atoms with Gasteiger partial charge >= 0.3 is 0 Å². The lowest BCUT2D eigenvalue weighted by Gasteiger charge is -2.03. The topological polar surface area (TPSA) is 108 Å². The number of aromatic nitrogens is 3. The van der Waals surface area contributed by atoms with Gasteiger partial charge in [-0.2, -0.15) is 0 Å². The molecular formula is C14H12N4O3. The predicted molar refractivity (Wildman–Crippen MR) is 75.6 cm³/mol. The fourth-order valence-corrected chi connectivity index (χ4v) is 1.43. The lowest BCUT2D eigenvalue weighted by atomic mass is 10.3. The van der Waals surface area contributed by atoms with Gasteiger partial charge in [-0.3, -0.25) is 9.59 Å². The molecule has 2 rings (SSSR count). The fourth-order valence-electron chi connectivity index (χ4n) is 1.43. The van der Waals surface area contributed by atoms with Gasteiger partial charge < -0.3 is 15.4 Å². The van der Waals surface area contributed by atoms with Crippen molar-refractivity contribution in [1.29, 1.82) is 0 Å². The van der Waals surface area contributed by atoms with E-state index in [4.69, 9.17) is 5.11 Å². The average Bonchev–Trinajstić information content (AvgIpc) is 2.48. The van der Waals surface area contributed by atoms with Gasteiger partial charge in [0.05, 0.1) is 12.8 Å². The van der Waals surface area contributed by atoms with Crippen LogP contribution in [0.5, 0.6) is 0 Å². The molecule has 2 aromatic heterocycles. The van der Waals surface area contributed by atoms with E-state index >= 15 is 0 Å². The maximum atomic E-state index is 11.9. The van der Waals surface area contributed by atoms with Crippen LogP contribution in [0, 0.1) is 11.8 Å². The Balaban J connectivity index is 2.11. The zero-order valence-electron chi connectivity index (χ0n) is 11.0. The van der Waals surface area contributed by atoms with Crippen molar-refractivity contribution < 1.29 is 9.90 Å². The normalized spacial score (nSPS) is 9.57. The number of hydrogen-bond acceptors (Lipinski definition) is 5. The molecule has 0 radical (unpaired) electrons. The summed E-state index contributed by atoms with van der Waals surface area (Å²) in [5, 5.41) is 11.2. The Bertz CT molecular complexity index is 738. The number of nitrogens with zero attached hydrogens (tertiary/aromatic N) is 2. The van der Waals surface area contributed by atoms with Crippen LogP contribution in [0.2, 0.25) is 0 Å². The number of carbonyl (C=O) groups excluding carboxylic acids is 1. The van der Waals surface area contributed by atoms with Gasteiger partial charge in [-0.25, -0.2) is 9.97 Å². The number of rotatable bonds is 3. The molecule has 7 heteroatoms. The number of H-pyrrole nitrogens is 1. The van der Waals surface area contributed by atoms with Crippen LogP contribution in [-0.4, -0.2) is 32.6 Å². The maximum Gasteiger partial charge on any atom is 0.276 e. The van der Waals surface area contributed by atoms with Gasteiger partial charge in [0.2, 0.25) is 0 Å². The number of nitrogens with one attached hydrogen (secondary N) is 2. The van der Waals surface area contributed by atoms with Crippen molar-refractivity contribution in [3.8, 4) is 11.8 Å². The van der Waals surface area contributed by atoms with Crippen LogP contribution in [0.25, 0.3) is 0 Å². The largest absolute Gasteiger partial charge is 0.395 e. The molecule has 3 N–H and O–H groups in total. The molecular weight excluding hydrogens is 272 g/mol. The second-order valence-electron chi connectivity index (χ2n) is 3.93. The monoisotopic (exact) mass is 284 g/mol. The van der Waals surface area contributed by atoms with Gasteiger partial charge in [-0.15, -0.1) is 0 Å². The summed E-state index contributed by atoms with van der Waals surface area (Å²) in [6.07, 6.45) is 2.61. The molecule has 106 valence electrons. The highest BCUT2D eigenvalue weighted by atomic mass is 16.2. The molecule has 0 saturated heterocycles. The van der Waals surface area contributed by atoms with Gasteiger partial charge in [0, 0.05) is 12.6 Å². The highest BCUT2D eigenvalue weighted by Gasteiger charge is 2.08. The Kier molecular flexibility index (Phi) is 4.79. The summed E-state index contributed by atoms with van der Waals surface area (Å²) in [6.45, 7) is -0.0126. The van der Waals surface area contributed by atoms with Crippen molar-refractivity contribution in [2.24, 2.45) is 0 Å². The Morgan fingerprint density at radius 1 is 1.43 bits per heavy atom. The van der Waals surface area contributed by atoms with Gasteiger partial charge in [0.15, 0.2) is 0 Å². The van der Waals surface area contributed by atoms with E-state index in [1.165, 1.54) is 6.20 Å². The van der Waals surface area contributed by atoms with E-state index in [0.717, 1.165) is 6.20 Å². The molecule has 7 nitrogen and oxygen atoms in total. The highest BCUT2D eigenvalue weighted by Crippen LogP contribution is 2.05. The number of aliphatic hydroxyl groups excluding tert-OH is 1. The molecule has 0 aliphatic heterocycles. The summed E-state index contributed by atoms with van der Waals surface area (Å²) in [4.78, 5) is 33.0. The van der Waals surface area contributed by atoms with Crippen molar-refractivity contribution in [3.63, 3.8) is 0 Å². The van der Waals surface area contributed by atoms with Crippen molar-refractivity contribution in [3.05, 3.63) is 52.3 Å².